The fourth-order valence-corrected chi connectivity index (χ4v) is 3.05. The SMILES string of the molecule is CCCn1cccc1C(=O)N1CCCCC1CCC(=O)O. The van der Waals surface area contributed by atoms with E-state index in [1.807, 2.05) is 27.8 Å². The van der Waals surface area contributed by atoms with Gasteiger partial charge in [0, 0.05) is 31.7 Å². The molecule has 1 fully saturated rings. The maximum absolute atomic E-state index is 12.8. The number of piperidine rings is 1. The minimum absolute atomic E-state index is 0.0449. The third-order valence-electron chi connectivity index (χ3n) is 4.09. The summed E-state index contributed by atoms with van der Waals surface area (Å²) in [6.07, 6.45) is 6.59. The molecule has 1 saturated heterocycles. The lowest BCUT2D eigenvalue weighted by atomic mass is 9.97. The first-order chi connectivity index (χ1) is 10.1. The molecule has 0 radical (unpaired) electrons. The Morgan fingerprint density at radius 1 is 1.38 bits per heavy atom. The maximum atomic E-state index is 12.8. The van der Waals surface area contributed by atoms with E-state index >= 15 is 0 Å². The van der Waals surface area contributed by atoms with E-state index in [1.54, 1.807) is 0 Å². The fraction of sp³-hybridized carbons (Fsp3) is 0.625. The quantitative estimate of drug-likeness (QED) is 0.877. The largest absolute Gasteiger partial charge is 0.481 e. The molecule has 0 bridgehead atoms. The predicted molar refractivity (Wildman–Crippen MR) is 80.3 cm³/mol. The number of rotatable bonds is 6. The molecule has 1 aromatic rings. The molecule has 5 heteroatoms. The Kier molecular flexibility index (Phi) is 5.42. The van der Waals surface area contributed by atoms with E-state index in [4.69, 9.17) is 5.11 Å². The number of hydrogen-bond donors (Lipinski definition) is 1. The summed E-state index contributed by atoms with van der Waals surface area (Å²) in [7, 11) is 0. The fourth-order valence-electron chi connectivity index (χ4n) is 3.05. The van der Waals surface area contributed by atoms with Gasteiger partial charge in [-0.25, -0.2) is 0 Å². The summed E-state index contributed by atoms with van der Waals surface area (Å²) in [6, 6.07) is 3.83. The summed E-state index contributed by atoms with van der Waals surface area (Å²) in [6.45, 7) is 3.66. The number of aliphatic carboxylic acids is 1. The van der Waals surface area contributed by atoms with Gasteiger partial charge in [0.2, 0.25) is 0 Å². The van der Waals surface area contributed by atoms with Crippen molar-refractivity contribution in [3.8, 4) is 0 Å². The van der Waals surface area contributed by atoms with Crippen molar-refractivity contribution in [2.24, 2.45) is 0 Å². The molecule has 0 aromatic carbocycles. The van der Waals surface area contributed by atoms with Gasteiger partial charge in [-0.05, 0) is 44.2 Å². The number of carboxylic acids is 1. The van der Waals surface area contributed by atoms with Crippen molar-refractivity contribution in [1.82, 2.24) is 9.47 Å². The summed E-state index contributed by atoms with van der Waals surface area (Å²) < 4.78 is 1.99. The predicted octanol–water partition coefficient (Wildman–Crippen LogP) is 2.76. The van der Waals surface area contributed by atoms with Crippen molar-refractivity contribution in [2.45, 2.75) is 58.0 Å². The molecule has 1 unspecified atom stereocenters. The summed E-state index contributed by atoms with van der Waals surface area (Å²) in [5, 5.41) is 8.86. The number of carboxylic acid groups (broad SMARTS) is 1. The molecular weight excluding hydrogens is 268 g/mol. The van der Waals surface area contributed by atoms with Gasteiger partial charge in [-0.15, -0.1) is 0 Å². The molecule has 21 heavy (non-hydrogen) atoms. The molecule has 5 nitrogen and oxygen atoms in total. The van der Waals surface area contributed by atoms with Crippen LogP contribution in [0, 0.1) is 0 Å². The lowest BCUT2D eigenvalue weighted by molar-refractivity contribution is -0.137. The standard InChI is InChI=1S/C16H24N2O3/c1-2-10-17-11-5-7-14(17)16(21)18-12-4-3-6-13(18)8-9-15(19)20/h5,7,11,13H,2-4,6,8-10,12H2,1H3,(H,19,20). The van der Waals surface area contributed by atoms with E-state index in [9.17, 15) is 9.59 Å². The van der Waals surface area contributed by atoms with Crippen LogP contribution in [0.5, 0.6) is 0 Å². The first-order valence-electron chi connectivity index (χ1n) is 7.81. The number of aromatic nitrogens is 1. The van der Waals surface area contributed by atoms with Gasteiger partial charge in [0.05, 0.1) is 0 Å². The van der Waals surface area contributed by atoms with E-state index in [1.165, 1.54) is 0 Å². The van der Waals surface area contributed by atoms with Crippen LogP contribution in [0.25, 0.3) is 0 Å². The second kappa shape index (κ2) is 7.29. The molecule has 116 valence electrons. The average Bonchev–Trinajstić information content (AvgIpc) is 2.93. The van der Waals surface area contributed by atoms with Crippen LogP contribution < -0.4 is 0 Å². The number of amides is 1. The van der Waals surface area contributed by atoms with Gasteiger partial charge in [0.1, 0.15) is 5.69 Å². The molecular formula is C16H24N2O3. The van der Waals surface area contributed by atoms with Crippen LogP contribution in [-0.2, 0) is 11.3 Å². The monoisotopic (exact) mass is 292 g/mol. The molecule has 1 aliphatic heterocycles. The molecule has 1 amide bonds. The van der Waals surface area contributed by atoms with Crippen LogP contribution in [0.2, 0.25) is 0 Å². The summed E-state index contributed by atoms with van der Waals surface area (Å²) >= 11 is 0. The van der Waals surface area contributed by atoms with Crippen molar-refractivity contribution < 1.29 is 14.7 Å². The lowest BCUT2D eigenvalue weighted by Crippen LogP contribution is -2.44. The van der Waals surface area contributed by atoms with Gasteiger partial charge in [-0.3, -0.25) is 9.59 Å². The van der Waals surface area contributed by atoms with Gasteiger partial charge in [0.25, 0.3) is 5.91 Å². The van der Waals surface area contributed by atoms with E-state index in [0.29, 0.717) is 6.42 Å². The van der Waals surface area contributed by atoms with E-state index in [-0.39, 0.29) is 18.4 Å². The molecule has 1 atom stereocenters. The summed E-state index contributed by atoms with van der Waals surface area (Å²) in [4.78, 5) is 25.4. The zero-order valence-electron chi connectivity index (χ0n) is 12.6. The molecule has 2 heterocycles. The highest BCUT2D eigenvalue weighted by atomic mass is 16.4. The second-order valence-electron chi connectivity index (χ2n) is 5.67. The van der Waals surface area contributed by atoms with Crippen LogP contribution in [0.15, 0.2) is 18.3 Å². The first kappa shape index (κ1) is 15.6. The topological polar surface area (TPSA) is 62.5 Å². The van der Waals surface area contributed by atoms with Gasteiger partial charge in [-0.2, -0.15) is 0 Å². The van der Waals surface area contributed by atoms with Gasteiger partial charge < -0.3 is 14.6 Å². The molecule has 0 spiro atoms. The molecule has 1 aliphatic rings. The Hall–Kier alpha value is -1.78. The highest BCUT2D eigenvalue weighted by molar-refractivity contribution is 5.93. The number of hydrogen-bond acceptors (Lipinski definition) is 2. The van der Waals surface area contributed by atoms with Gasteiger partial charge in [-0.1, -0.05) is 6.92 Å². The number of likely N-dealkylation sites (tertiary alicyclic amines) is 1. The first-order valence-corrected chi connectivity index (χ1v) is 7.81. The van der Waals surface area contributed by atoms with Crippen LogP contribution in [0.3, 0.4) is 0 Å². The van der Waals surface area contributed by atoms with E-state index < -0.39 is 5.97 Å². The normalized spacial score (nSPS) is 18.7. The van der Waals surface area contributed by atoms with Crippen molar-refractivity contribution in [3.63, 3.8) is 0 Å². The summed E-state index contributed by atoms with van der Waals surface area (Å²) in [5.74, 6) is -0.745. The molecule has 2 rings (SSSR count). The smallest absolute Gasteiger partial charge is 0.303 e. The number of nitrogens with zero attached hydrogens (tertiary/aromatic N) is 2. The molecule has 0 aliphatic carbocycles. The number of aryl methyl sites for hydroxylation is 1. The Labute approximate surface area is 125 Å². The average molecular weight is 292 g/mol. The van der Waals surface area contributed by atoms with Crippen molar-refractivity contribution in [2.75, 3.05) is 6.54 Å². The van der Waals surface area contributed by atoms with Gasteiger partial charge in [0.15, 0.2) is 0 Å². The zero-order valence-corrected chi connectivity index (χ0v) is 12.6. The highest BCUT2D eigenvalue weighted by Crippen LogP contribution is 2.23. The lowest BCUT2D eigenvalue weighted by Gasteiger charge is -2.35. The van der Waals surface area contributed by atoms with Crippen molar-refractivity contribution in [1.29, 1.82) is 0 Å². The minimum Gasteiger partial charge on any atom is -0.481 e. The second-order valence-corrected chi connectivity index (χ2v) is 5.67. The van der Waals surface area contributed by atoms with E-state index in [0.717, 1.165) is 44.5 Å². The van der Waals surface area contributed by atoms with Crippen LogP contribution in [-0.4, -0.2) is 39.0 Å². The Morgan fingerprint density at radius 2 is 2.19 bits per heavy atom. The zero-order chi connectivity index (χ0) is 15.2. The Morgan fingerprint density at radius 3 is 2.90 bits per heavy atom. The van der Waals surface area contributed by atoms with Crippen LogP contribution >= 0.6 is 0 Å². The maximum Gasteiger partial charge on any atom is 0.303 e. The Bertz CT molecular complexity index is 495. The van der Waals surface area contributed by atoms with Crippen LogP contribution in [0.1, 0.15) is 55.9 Å². The minimum atomic E-state index is -0.790. The molecule has 1 aromatic heterocycles. The number of carbonyl (C=O) groups is 2. The van der Waals surface area contributed by atoms with E-state index in [2.05, 4.69) is 6.92 Å². The van der Waals surface area contributed by atoms with Crippen LogP contribution in [0.4, 0.5) is 0 Å². The number of carbonyl (C=O) groups excluding carboxylic acids is 1. The molecule has 0 saturated carbocycles. The summed E-state index contributed by atoms with van der Waals surface area (Å²) in [5.41, 5.74) is 0.721. The van der Waals surface area contributed by atoms with Gasteiger partial charge >= 0.3 is 5.97 Å². The van der Waals surface area contributed by atoms with Crippen molar-refractivity contribution >= 4 is 11.9 Å². The van der Waals surface area contributed by atoms with Crippen molar-refractivity contribution in [3.05, 3.63) is 24.0 Å². The third kappa shape index (κ3) is 3.86. The third-order valence-corrected chi connectivity index (χ3v) is 4.09. The Balaban J connectivity index is 2.10. The molecule has 1 N–H and O–H groups in total. The highest BCUT2D eigenvalue weighted by Gasteiger charge is 2.28.